The van der Waals surface area contributed by atoms with Crippen molar-refractivity contribution < 1.29 is 19.2 Å². The van der Waals surface area contributed by atoms with Gasteiger partial charge in [0.1, 0.15) is 0 Å². The molecule has 0 spiro atoms. The Morgan fingerprint density at radius 2 is 1.76 bits per heavy atom. The average molecular weight is 478 g/mol. The van der Waals surface area contributed by atoms with Gasteiger partial charge < -0.3 is 15.0 Å². The summed E-state index contributed by atoms with van der Waals surface area (Å²) in [5.41, 5.74) is 2.23. The van der Waals surface area contributed by atoms with Crippen LogP contribution >= 0.6 is 11.6 Å². The van der Waals surface area contributed by atoms with E-state index in [1.165, 1.54) is 6.07 Å². The first-order valence-electron chi connectivity index (χ1n) is 10.4. The molecule has 172 valence electrons. The lowest BCUT2D eigenvalue weighted by molar-refractivity contribution is -0.384. The van der Waals surface area contributed by atoms with Crippen LogP contribution in [0.5, 0.6) is 0 Å². The van der Waals surface area contributed by atoms with Crippen molar-refractivity contribution in [3.8, 4) is 0 Å². The molecule has 0 saturated carbocycles. The maximum absolute atomic E-state index is 13.0. The highest BCUT2D eigenvalue weighted by Crippen LogP contribution is 2.34. The molecular formula is C25H20ClN3O5. The van der Waals surface area contributed by atoms with Crippen molar-refractivity contribution in [2.75, 3.05) is 13.7 Å². The molecule has 3 aromatic carbocycles. The standard InChI is InChI=1S/C25H20ClN3O5/c1-34-25(31)16-10-15(11-17(12-16)29(32)33)24(30)28-14-20(18-6-2-4-8-22(18)26)21-13-27-23-9-5-3-7-19(21)23/h2-13,20,27H,14H2,1H3,(H,28,30)/t20-/m1/s1. The number of aromatic nitrogens is 1. The normalized spacial score (nSPS) is 11.7. The average Bonchev–Trinajstić information content (AvgIpc) is 3.28. The molecule has 0 bridgehead atoms. The summed E-state index contributed by atoms with van der Waals surface area (Å²) >= 11 is 6.50. The molecule has 0 saturated heterocycles. The van der Waals surface area contributed by atoms with E-state index in [4.69, 9.17) is 11.6 Å². The number of ether oxygens (including phenoxy) is 1. The van der Waals surface area contributed by atoms with E-state index >= 15 is 0 Å². The van der Waals surface area contributed by atoms with Crippen LogP contribution in [0, 0.1) is 10.1 Å². The monoisotopic (exact) mass is 477 g/mol. The van der Waals surface area contributed by atoms with Gasteiger partial charge in [-0.2, -0.15) is 0 Å². The molecule has 0 aliphatic carbocycles. The molecule has 1 amide bonds. The van der Waals surface area contributed by atoms with Gasteiger partial charge in [0.2, 0.25) is 0 Å². The summed E-state index contributed by atoms with van der Waals surface area (Å²) in [7, 11) is 1.16. The summed E-state index contributed by atoms with van der Waals surface area (Å²) in [6.07, 6.45) is 1.88. The lowest BCUT2D eigenvalue weighted by Gasteiger charge is -2.19. The van der Waals surface area contributed by atoms with Crippen molar-refractivity contribution in [3.63, 3.8) is 0 Å². The molecule has 0 aliphatic heterocycles. The second-order valence-electron chi connectivity index (χ2n) is 7.59. The topological polar surface area (TPSA) is 114 Å². The van der Waals surface area contributed by atoms with Crippen molar-refractivity contribution in [1.82, 2.24) is 10.3 Å². The second kappa shape index (κ2) is 9.76. The number of nitrogens with zero attached hydrogens (tertiary/aromatic N) is 1. The molecule has 2 N–H and O–H groups in total. The van der Waals surface area contributed by atoms with Gasteiger partial charge in [-0.05, 0) is 29.3 Å². The lowest BCUT2D eigenvalue weighted by Crippen LogP contribution is -2.29. The van der Waals surface area contributed by atoms with Gasteiger partial charge in [0.25, 0.3) is 11.6 Å². The largest absolute Gasteiger partial charge is 0.465 e. The molecule has 9 heteroatoms. The smallest absolute Gasteiger partial charge is 0.338 e. The third-order valence-electron chi connectivity index (χ3n) is 5.56. The summed E-state index contributed by atoms with van der Waals surface area (Å²) in [5.74, 6) is -1.64. The highest BCUT2D eigenvalue weighted by Gasteiger charge is 2.23. The molecule has 0 fully saturated rings. The zero-order valence-corrected chi connectivity index (χ0v) is 18.8. The molecule has 1 aromatic heterocycles. The molecular weight excluding hydrogens is 458 g/mol. The zero-order valence-electron chi connectivity index (χ0n) is 18.1. The Balaban J connectivity index is 1.68. The number of para-hydroxylation sites is 1. The maximum atomic E-state index is 13.0. The molecule has 0 unspecified atom stereocenters. The van der Waals surface area contributed by atoms with Crippen molar-refractivity contribution >= 4 is 40.1 Å². The van der Waals surface area contributed by atoms with Gasteiger partial charge in [-0.15, -0.1) is 0 Å². The number of benzene rings is 3. The van der Waals surface area contributed by atoms with Gasteiger partial charge >= 0.3 is 5.97 Å². The lowest BCUT2D eigenvalue weighted by atomic mass is 9.90. The molecule has 1 atom stereocenters. The predicted octanol–water partition coefficient (Wildman–Crippen LogP) is 5.08. The van der Waals surface area contributed by atoms with Gasteiger partial charge in [0.15, 0.2) is 0 Å². The SMILES string of the molecule is COC(=O)c1cc(C(=O)NC[C@H](c2ccccc2Cl)c2c[nH]c3ccccc23)cc([N+](=O)[O-])c1. The van der Waals surface area contributed by atoms with Crippen LogP contribution in [0.1, 0.15) is 37.8 Å². The number of aromatic amines is 1. The number of hydrogen-bond acceptors (Lipinski definition) is 5. The third kappa shape index (κ3) is 4.62. The number of fused-ring (bicyclic) bond motifs is 1. The van der Waals surface area contributed by atoms with Crippen molar-refractivity contribution in [2.45, 2.75) is 5.92 Å². The van der Waals surface area contributed by atoms with Gasteiger partial charge in [0.05, 0.1) is 17.6 Å². The van der Waals surface area contributed by atoms with Crippen molar-refractivity contribution in [3.05, 3.63) is 110 Å². The summed E-state index contributed by atoms with van der Waals surface area (Å²) in [5, 5.41) is 15.7. The number of nitro groups is 1. The fourth-order valence-corrected chi connectivity index (χ4v) is 4.18. The van der Waals surface area contributed by atoms with Crippen LogP contribution in [0.15, 0.2) is 72.9 Å². The predicted molar refractivity (Wildman–Crippen MR) is 128 cm³/mol. The van der Waals surface area contributed by atoms with E-state index in [1.54, 1.807) is 6.07 Å². The number of nitro benzene ring substituents is 1. The van der Waals surface area contributed by atoms with E-state index in [9.17, 15) is 19.7 Å². The minimum Gasteiger partial charge on any atom is -0.465 e. The Morgan fingerprint density at radius 1 is 1.06 bits per heavy atom. The van der Waals surface area contributed by atoms with Crippen LogP contribution in [-0.2, 0) is 4.74 Å². The second-order valence-corrected chi connectivity index (χ2v) is 8.00. The Hall–Kier alpha value is -4.17. The zero-order chi connectivity index (χ0) is 24.2. The van der Waals surface area contributed by atoms with Gasteiger partial charge in [-0.3, -0.25) is 14.9 Å². The van der Waals surface area contributed by atoms with E-state index in [2.05, 4.69) is 15.0 Å². The number of carbonyl (C=O) groups excluding carboxylic acids is 2. The summed E-state index contributed by atoms with van der Waals surface area (Å²) in [6, 6.07) is 18.6. The summed E-state index contributed by atoms with van der Waals surface area (Å²) in [4.78, 5) is 38.8. The third-order valence-corrected chi connectivity index (χ3v) is 5.90. The van der Waals surface area contributed by atoms with Gasteiger partial charge in [0, 0.05) is 52.3 Å². The van der Waals surface area contributed by atoms with Crippen LogP contribution in [-0.4, -0.2) is 35.4 Å². The quantitative estimate of drug-likeness (QED) is 0.219. The number of amides is 1. The number of hydrogen-bond donors (Lipinski definition) is 2. The van der Waals surface area contributed by atoms with Crippen LogP contribution in [0.2, 0.25) is 5.02 Å². The van der Waals surface area contributed by atoms with E-state index in [0.717, 1.165) is 41.3 Å². The number of methoxy groups -OCH3 is 1. The van der Waals surface area contributed by atoms with Crippen molar-refractivity contribution in [1.29, 1.82) is 0 Å². The Bertz CT molecular complexity index is 1400. The highest BCUT2D eigenvalue weighted by molar-refractivity contribution is 6.31. The number of esters is 1. The van der Waals surface area contributed by atoms with Gasteiger partial charge in [-0.25, -0.2) is 4.79 Å². The highest BCUT2D eigenvalue weighted by atomic mass is 35.5. The fraction of sp³-hybridized carbons (Fsp3) is 0.120. The van der Waals surface area contributed by atoms with Crippen LogP contribution in [0.3, 0.4) is 0 Å². The number of halogens is 1. The van der Waals surface area contributed by atoms with E-state index < -0.39 is 16.8 Å². The number of nitrogens with one attached hydrogen (secondary N) is 2. The van der Waals surface area contributed by atoms with E-state index in [0.29, 0.717) is 5.02 Å². The molecule has 1 heterocycles. The number of rotatable bonds is 7. The number of non-ortho nitro benzene ring substituents is 1. The number of H-pyrrole nitrogens is 1. The maximum Gasteiger partial charge on any atom is 0.338 e. The number of carbonyl (C=O) groups is 2. The summed E-state index contributed by atoms with van der Waals surface area (Å²) < 4.78 is 4.65. The first-order chi connectivity index (χ1) is 16.4. The molecule has 4 aromatic rings. The Kier molecular flexibility index (Phi) is 6.60. The fourth-order valence-electron chi connectivity index (χ4n) is 3.91. The van der Waals surface area contributed by atoms with Crippen LogP contribution in [0.25, 0.3) is 10.9 Å². The Morgan fingerprint density at radius 3 is 2.50 bits per heavy atom. The summed E-state index contributed by atoms with van der Waals surface area (Å²) in [6.45, 7) is 0.167. The van der Waals surface area contributed by atoms with Crippen LogP contribution in [0.4, 0.5) is 5.69 Å². The van der Waals surface area contributed by atoms with Gasteiger partial charge in [-0.1, -0.05) is 48.0 Å². The minimum absolute atomic E-state index is 0.0218. The first kappa shape index (κ1) is 23.0. The molecule has 34 heavy (non-hydrogen) atoms. The van der Waals surface area contributed by atoms with E-state index in [1.807, 2.05) is 48.7 Å². The minimum atomic E-state index is -0.773. The van der Waals surface area contributed by atoms with Crippen LogP contribution < -0.4 is 5.32 Å². The van der Waals surface area contributed by atoms with E-state index in [-0.39, 0.29) is 29.3 Å². The molecule has 0 aliphatic rings. The first-order valence-corrected chi connectivity index (χ1v) is 10.7. The molecule has 0 radical (unpaired) electrons. The molecule has 8 nitrogen and oxygen atoms in total. The Labute approximate surface area is 199 Å². The van der Waals surface area contributed by atoms with Crippen molar-refractivity contribution in [2.24, 2.45) is 0 Å². The molecule has 4 rings (SSSR count).